The van der Waals surface area contributed by atoms with Gasteiger partial charge in [-0.1, -0.05) is 18.2 Å². The SMILES string of the molecule is COc1cc(CN2CCC(NC(=O)c3cc4cc(C(=O)N5CCN(Cc6ccc(S(C)(=O)=O)cc6)CC5)ccc4o3)CC2)ccc1F. The Hall–Kier alpha value is -4.26. The molecule has 2 amide bonds. The van der Waals surface area contributed by atoms with Gasteiger partial charge in [0.25, 0.3) is 11.8 Å². The summed E-state index contributed by atoms with van der Waals surface area (Å²) in [5.41, 5.74) is 3.09. The molecule has 0 radical (unpaired) electrons. The number of nitrogens with one attached hydrogen (secondary N) is 1. The number of fused-ring (bicyclic) bond motifs is 1. The molecule has 2 fully saturated rings. The van der Waals surface area contributed by atoms with Crippen molar-refractivity contribution in [3.63, 3.8) is 0 Å². The van der Waals surface area contributed by atoms with E-state index in [1.165, 1.54) is 19.4 Å². The lowest BCUT2D eigenvalue weighted by atomic mass is 10.0. The lowest BCUT2D eigenvalue weighted by Gasteiger charge is -2.34. The van der Waals surface area contributed by atoms with Crippen LogP contribution in [0.3, 0.4) is 0 Å². The number of carbonyl (C=O) groups excluding carboxylic acids is 2. The van der Waals surface area contributed by atoms with Crippen LogP contribution in [0, 0.1) is 5.82 Å². The number of hydrogen-bond acceptors (Lipinski definition) is 8. The first-order valence-electron chi connectivity index (χ1n) is 15.8. The Bertz CT molecular complexity index is 1860. The fraction of sp³-hybridized carbons (Fsp3) is 0.371. The fourth-order valence-electron chi connectivity index (χ4n) is 6.23. The first-order chi connectivity index (χ1) is 22.6. The second kappa shape index (κ2) is 13.8. The summed E-state index contributed by atoms with van der Waals surface area (Å²) < 4.78 is 48.1. The van der Waals surface area contributed by atoms with Crippen LogP contribution in [0.5, 0.6) is 5.75 Å². The summed E-state index contributed by atoms with van der Waals surface area (Å²) in [6, 6.07) is 18.8. The number of carbonyl (C=O) groups is 2. The molecule has 3 aromatic carbocycles. The summed E-state index contributed by atoms with van der Waals surface area (Å²) in [7, 11) is -1.77. The molecule has 12 heteroatoms. The highest BCUT2D eigenvalue weighted by Crippen LogP contribution is 2.24. The lowest BCUT2D eigenvalue weighted by Crippen LogP contribution is -2.48. The van der Waals surface area contributed by atoms with Gasteiger partial charge in [-0.3, -0.25) is 19.4 Å². The lowest BCUT2D eigenvalue weighted by molar-refractivity contribution is 0.0628. The van der Waals surface area contributed by atoms with E-state index >= 15 is 0 Å². The second-order valence-corrected chi connectivity index (χ2v) is 14.4. The van der Waals surface area contributed by atoms with Gasteiger partial charge in [0.1, 0.15) is 5.58 Å². The van der Waals surface area contributed by atoms with Crippen molar-refractivity contribution in [1.82, 2.24) is 20.0 Å². The fourth-order valence-corrected chi connectivity index (χ4v) is 6.86. The third kappa shape index (κ3) is 7.83. The van der Waals surface area contributed by atoms with Crippen molar-refractivity contribution < 1.29 is 31.6 Å². The molecule has 0 atom stereocenters. The van der Waals surface area contributed by atoms with Crippen LogP contribution in [0.1, 0.15) is 44.9 Å². The highest BCUT2D eigenvalue weighted by Gasteiger charge is 2.25. The van der Waals surface area contributed by atoms with Gasteiger partial charge in [0.15, 0.2) is 27.2 Å². The van der Waals surface area contributed by atoms with Gasteiger partial charge < -0.3 is 19.4 Å². The molecule has 3 heterocycles. The monoisotopic (exact) mass is 662 g/mol. The van der Waals surface area contributed by atoms with Crippen LogP contribution in [-0.2, 0) is 22.9 Å². The molecular formula is C35H39FN4O6S. The van der Waals surface area contributed by atoms with Gasteiger partial charge >= 0.3 is 0 Å². The van der Waals surface area contributed by atoms with Crippen LogP contribution >= 0.6 is 0 Å². The smallest absolute Gasteiger partial charge is 0.287 e. The second-order valence-electron chi connectivity index (χ2n) is 12.3. The highest BCUT2D eigenvalue weighted by atomic mass is 32.2. The van der Waals surface area contributed by atoms with Gasteiger partial charge in [0.05, 0.1) is 12.0 Å². The Labute approximate surface area is 274 Å². The van der Waals surface area contributed by atoms with Crippen molar-refractivity contribution in [3.05, 3.63) is 95.0 Å². The number of piperidine rings is 1. The van der Waals surface area contributed by atoms with E-state index < -0.39 is 9.84 Å². The standard InChI is InChI=1S/C35H39FN4O6S/c1-45-32-19-25(5-9-30(32)36)23-38-13-11-28(12-14-38)37-34(41)33-21-27-20-26(6-10-31(27)46-33)35(42)40-17-15-39(16-18-40)22-24-3-7-29(8-4-24)47(2,43)44/h3-10,19-21,28H,11-18,22-23H2,1-2H3,(H,37,41). The molecule has 0 bridgehead atoms. The zero-order valence-corrected chi connectivity index (χ0v) is 27.4. The summed E-state index contributed by atoms with van der Waals surface area (Å²) in [5, 5.41) is 3.79. The average molecular weight is 663 g/mol. The van der Waals surface area contributed by atoms with Crippen LogP contribution < -0.4 is 10.1 Å². The van der Waals surface area contributed by atoms with Crippen LogP contribution in [0.2, 0.25) is 0 Å². The number of halogens is 1. The first kappa shape index (κ1) is 32.7. The summed E-state index contributed by atoms with van der Waals surface area (Å²) in [6.07, 6.45) is 2.76. The number of amides is 2. The highest BCUT2D eigenvalue weighted by molar-refractivity contribution is 7.90. The predicted octanol–water partition coefficient (Wildman–Crippen LogP) is 4.34. The van der Waals surface area contributed by atoms with Crippen LogP contribution in [-0.4, -0.2) is 93.6 Å². The number of ether oxygens (including phenoxy) is 1. The van der Waals surface area contributed by atoms with E-state index in [-0.39, 0.29) is 35.2 Å². The molecule has 1 N–H and O–H groups in total. The van der Waals surface area contributed by atoms with E-state index in [2.05, 4.69) is 15.1 Å². The summed E-state index contributed by atoms with van der Waals surface area (Å²) >= 11 is 0. The molecule has 10 nitrogen and oxygen atoms in total. The molecular weight excluding hydrogens is 623 g/mol. The molecule has 4 aromatic rings. The molecule has 2 aliphatic rings. The minimum atomic E-state index is -3.23. The maximum atomic E-state index is 13.7. The van der Waals surface area contributed by atoms with E-state index in [0.29, 0.717) is 60.7 Å². The number of methoxy groups -OCH3 is 1. The topological polar surface area (TPSA) is 112 Å². The number of piperazine rings is 1. The van der Waals surface area contributed by atoms with Gasteiger partial charge in [-0.05, 0) is 72.5 Å². The summed E-state index contributed by atoms with van der Waals surface area (Å²) in [5.74, 6) is -0.279. The van der Waals surface area contributed by atoms with Gasteiger partial charge in [0, 0.05) is 75.6 Å². The number of hydrogen-bond donors (Lipinski definition) is 1. The molecule has 47 heavy (non-hydrogen) atoms. The molecule has 2 aliphatic heterocycles. The van der Waals surface area contributed by atoms with Gasteiger partial charge in [-0.25, -0.2) is 12.8 Å². The first-order valence-corrected chi connectivity index (χ1v) is 17.6. The predicted molar refractivity (Wildman–Crippen MR) is 176 cm³/mol. The van der Waals surface area contributed by atoms with Crippen molar-refractivity contribution in [1.29, 1.82) is 0 Å². The Balaban J connectivity index is 0.989. The summed E-state index contributed by atoms with van der Waals surface area (Å²) in [6.45, 7) is 5.52. The maximum Gasteiger partial charge on any atom is 0.287 e. The van der Waals surface area contributed by atoms with E-state index in [9.17, 15) is 22.4 Å². The van der Waals surface area contributed by atoms with Crippen molar-refractivity contribution in [2.45, 2.75) is 36.9 Å². The number of sulfone groups is 1. The molecule has 0 spiro atoms. The zero-order valence-electron chi connectivity index (χ0n) is 26.6. The average Bonchev–Trinajstić information content (AvgIpc) is 3.50. The number of nitrogens with zero attached hydrogens (tertiary/aromatic N) is 3. The molecule has 1 aromatic heterocycles. The Morgan fingerprint density at radius 1 is 0.872 bits per heavy atom. The van der Waals surface area contributed by atoms with Crippen molar-refractivity contribution in [3.8, 4) is 5.75 Å². The number of rotatable bonds is 9. The molecule has 0 aliphatic carbocycles. The normalized spacial score (nSPS) is 16.8. The Kier molecular flexibility index (Phi) is 9.62. The molecule has 2 saturated heterocycles. The van der Waals surface area contributed by atoms with Crippen LogP contribution in [0.25, 0.3) is 11.0 Å². The van der Waals surface area contributed by atoms with Crippen molar-refractivity contribution in [2.24, 2.45) is 0 Å². The van der Waals surface area contributed by atoms with E-state index in [1.807, 2.05) is 17.0 Å². The molecule has 6 rings (SSSR count). The molecule has 248 valence electrons. The van der Waals surface area contributed by atoms with Crippen molar-refractivity contribution >= 4 is 32.6 Å². The van der Waals surface area contributed by atoms with E-state index in [1.54, 1.807) is 48.5 Å². The Morgan fingerprint density at radius 3 is 2.21 bits per heavy atom. The zero-order chi connectivity index (χ0) is 33.1. The van der Waals surface area contributed by atoms with Crippen LogP contribution in [0.15, 0.2) is 76.0 Å². The third-order valence-electron chi connectivity index (χ3n) is 8.95. The van der Waals surface area contributed by atoms with Gasteiger partial charge in [-0.2, -0.15) is 0 Å². The minimum Gasteiger partial charge on any atom is -0.494 e. The Morgan fingerprint density at radius 2 is 1.53 bits per heavy atom. The molecule has 0 saturated carbocycles. The van der Waals surface area contributed by atoms with Crippen LogP contribution in [0.4, 0.5) is 4.39 Å². The van der Waals surface area contributed by atoms with Crippen molar-refractivity contribution in [2.75, 3.05) is 52.6 Å². The number of likely N-dealkylation sites (tertiary alicyclic amines) is 1. The quantitative estimate of drug-likeness (QED) is 0.282. The summed E-state index contributed by atoms with van der Waals surface area (Å²) in [4.78, 5) is 33.1. The maximum absolute atomic E-state index is 13.7. The minimum absolute atomic E-state index is 0.0115. The van der Waals surface area contributed by atoms with Gasteiger partial charge in [0.2, 0.25) is 0 Å². The third-order valence-corrected chi connectivity index (χ3v) is 10.1. The van der Waals surface area contributed by atoms with Gasteiger partial charge in [-0.15, -0.1) is 0 Å². The van der Waals surface area contributed by atoms with E-state index in [4.69, 9.17) is 9.15 Å². The number of furan rings is 1. The largest absolute Gasteiger partial charge is 0.494 e. The molecule has 0 unspecified atom stereocenters. The van der Waals surface area contributed by atoms with E-state index in [0.717, 1.165) is 37.1 Å². The number of benzene rings is 3.